The number of H-pyrrole nitrogens is 1. The topological polar surface area (TPSA) is 84.3 Å². The van der Waals surface area contributed by atoms with Crippen molar-refractivity contribution in [2.75, 3.05) is 7.11 Å². The minimum atomic E-state index is -0.534. The molecule has 0 saturated carbocycles. The summed E-state index contributed by atoms with van der Waals surface area (Å²) in [5.41, 5.74) is 3.04. The molecule has 31 heavy (non-hydrogen) atoms. The Hall–Kier alpha value is -3.25. The van der Waals surface area contributed by atoms with E-state index in [2.05, 4.69) is 16.4 Å². The number of nitrogens with one attached hydrogen (secondary N) is 2. The van der Waals surface area contributed by atoms with Crippen LogP contribution in [0.15, 0.2) is 51.8 Å². The first-order valence-electron chi connectivity index (χ1n) is 10.0. The molecule has 0 saturated heterocycles. The van der Waals surface area contributed by atoms with Crippen molar-refractivity contribution in [3.63, 3.8) is 0 Å². The van der Waals surface area contributed by atoms with Gasteiger partial charge in [-0.2, -0.15) is 0 Å². The number of para-hydroxylation sites is 1. The van der Waals surface area contributed by atoms with Crippen LogP contribution < -0.4 is 15.7 Å². The summed E-state index contributed by atoms with van der Waals surface area (Å²) in [5, 5.41) is 5.22. The summed E-state index contributed by atoms with van der Waals surface area (Å²) in [6.45, 7) is 3.74. The van der Waals surface area contributed by atoms with Crippen LogP contribution in [0.1, 0.15) is 23.6 Å². The Labute approximate surface area is 184 Å². The highest BCUT2D eigenvalue weighted by atomic mass is 35.5. The maximum Gasteiger partial charge on any atom is 0.340 e. The number of fused-ring (bicyclic) bond motifs is 2. The van der Waals surface area contributed by atoms with E-state index in [0.717, 1.165) is 16.5 Å². The summed E-state index contributed by atoms with van der Waals surface area (Å²) >= 11 is 6.22. The molecule has 0 aliphatic heterocycles. The molecule has 160 valence electrons. The average Bonchev–Trinajstić information content (AvgIpc) is 3.14. The second kappa shape index (κ2) is 8.47. The smallest absolute Gasteiger partial charge is 0.340 e. The predicted molar refractivity (Wildman–Crippen MR) is 122 cm³/mol. The van der Waals surface area contributed by atoms with Gasteiger partial charge in [0.05, 0.1) is 24.1 Å². The van der Waals surface area contributed by atoms with E-state index in [1.165, 1.54) is 7.11 Å². The number of hydrogen-bond acceptors (Lipinski definition) is 4. The third kappa shape index (κ3) is 4.16. The Morgan fingerprint density at radius 2 is 2.03 bits per heavy atom. The minimum absolute atomic E-state index is 0.0635. The molecular weight excluding hydrogens is 416 g/mol. The zero-order chi connectivity index (χ0) is 22.1. The molecule has 0 aliphatic carbocycles. The van der Waals surface area contributed by atoms with Crippen molar-refractivity contribution in [3.05, 3.63) is 74.7 Å². The first-order chi connectivity index (χ1) is 14.9. The van der Waals surface area contributed by atoms with Crippen LogP contribution in [0.4, 0.5) is 0 Å². The molecule has 1 atom stereocenters. The summed E-state index contributed by atoms with van der Waals surface area (Å²) in [6, 6.07) is 11.2. The number of benzene rings is 2. The van der Waals surface area contributed by atoms with Gasteiger partial charge < -0.3 is 19.5 Å². The number of aryl methyl sites for hydroxylation is 1. The Morgan fingerprint density at radius 1 is 1.26 bits per heavy atom. The van der Waals surface area contributed by atoms with Gasteiger partial charge in [0.25, 0.3) is 0 Å². The molecule has 6 nitrogen and oxygen atoms in total. The standard InChI is InChI=1S/C24H23ClN2O4/c1-13(8-15-12-26-20-7-5-4-6-16(15)20)27-23(28)10-18-14(2)17-9-19(25)22(30-3)11-21(17)31-24(18)29/h4-7,9,11-13,26H,8,10H2,1-3H3,(H,27,28)/t13-/m1/s1. The Balaban J connectivity index is 1.52. The number of halogens is 1. The molecule has 0 radical (unpaired) electrons. The molecule has 7 heteroatoms. The van der Waals surface area contributed by atoms with E-state index in [9.17, 15) is 9.59 Å². The molecule has 0 bridgehead atoms. The van der Waals surface area contributed by atoms with E-state index in [-0.39, 0.29) is 18.4 Å². The fraction of sp³-hybridized carbons (Fsp3) is 0.250. The zero-order valence-corrected chi connectivity index (χ0v) is 18.3. The van der Waals surface area contributed by atoms with Crippen LogP contribution in [0.3, 0.4) is 0 Å². The number of hydrogen-bond donors (Lipinski definition) is 2. The van der Waals surface area contributed by atoms with Gasteiger partial charge in [-0.15, -0.1) is 0 Å². The third-order valence-electron chi connectivity index (χ3n) is 5.51. The molecule has 2 N–H and O–H groups in total. The van der Waals surface area contributed by atoms with Crippen LogP contribution in [0, 0.1) is 6.92 Å². The largest absolute Gasteiger partial charge is 0.495 e. The maximum absolute atomic E-state index is 12.7. The minimum Gasteiger partial charge on any atom is -0.495 e. The van der Waals surface area contributed by atoms with E-state index >= 15 is 0 Å². The van der Waals surface area contributed by atoms with Crippen LogP contribution >= 0.6 is 11.6 Å². The molecule has 1 amide bonds. The van der Waals surface area contributed by atoms with Gasteiger partial charge in [0.2, 0.25) is 5.91 Å². The lowest BCUT2D eigenvalue weighted by Gasteiger charge is -2.14. The number of rotatable bonds is 6. The predicted octanol–water partition coefficient (Wildman–Crippen LogP) is 4.53. The normalized spacial score (nSPS) is 12.3. The first-order valence-corrected chi connectivity index (χ1v) is 10.4. The summed E-state index contributed by atoms with van der Waals surface area (Å²) in [4.78, 5) is 28.5. The number of ether oxygens (including phenoxy) is 1. The maximum atomic E-state index is 12.7. The molecule has 0 unspecified atom stereocenters. The van der Waals surface area contributed by atoms with Gasteiger partial charge in [-0.25, -0.2) is 4.79 Å². The lowest BCUT2D eigenvalue weighted by Crippen LogP contribution is -2.36. The molecule has 0 aliphatic rings. The van der Waals surface area contributed by atoms with Crippen molar-refractivity contribution in [3.8, 4) is 5.75 Å². The summed E-state index contributed by atoms with van der Waals surface area (Å²) in [6.07, 6.45) is 2.58. The van der Waals surface area contributed by atoms with Crippen molar-refractivity contribution in [2.45, 2.75) is 32.7 Å². The Morgan fingerprint density at radius 3 is 2.81 bits per heavy atom. The third-order valence-corrected chi connectivity index (χ3v) is 5.80. The lowest BCUT2D eigenvalue weighted by atomic mass is 10.0. The summed E-state index contributed by atoms with van der Waals surface area (Å²) < 4.78 is 10.6. The van der Waals surface area contributed by atoms with E-state index in [1.54, 1.807) is 19.1 Å². The highest BCUT2D eigenvalue weighted by Crippen LogP contribution is 2.31. The van der Waals surface area contributed by atoms with Crippen LogP contribution in [-0.4, -0.2) is 24.0 Å². The lowest BCUT2D eigenvalue weighted by molar-refractivity contribution is -0.121. The molecule has 2 heterocycles. The number of aromatic nitrogens is 1. The van der Waals surface area contributed by atoms with Gasteiger partial charge in [0.1, 0.15) is 11.3 Å². The SMILES string of the molecule is COc1cc2oc(=O)c(CC(=O)N[C@H](C)Cc3c[nH]c4ccccc34)c(C)c2cc1Cl. The average molecular weight is 439 g/mol. The van der Waals surface area contributed by atoms with Gasteiger partial charge >= 0.3 is 5.63 Å². The van der Waals surface area contributed by atoms with Crippen molar-refractivity contribution in [2.24, 2.45) is 0 Å². The molecule has 0 spiro atoms. The van der Waals surface area contributed by atoms with Gasteiger partial charge in [0.15, 0.2) is 0 Å². The number of carbonyl (C=O) groups is 1. The first kappa shape index (κ1) is 21.0. The zero-order valence-electron chi connectivity index (χ0n) is 17.5. The van der Waals surface area contributed by atoms with Crippen molar-refractivity contribution < 1.29 is 13.9 Å². The fourth-order valence-electron chi connectivity index (χ4n) is 3.92. The van der Waals surface area contributed by atoms with Crippen molar-refractivity contribution in [1.29, 1.82) is 0 Å². The highest BCUT2D eigenvalue weighted by molar-refractivity contribution is 6.32. The van der Waals surface area contributed by atoms with Gasteiger partial charge in [0, 0.05) is 34.6 Å². The molecule has 2 aromatic carbocycles. The molecule has 0 fully saturated rings. The van der Waals surface area contributed by atoms with Crippen LogP contribution in [-0.2, 0) is 17.6 Å². The second-order valence-corrected chi connectivity index (χ2v) is 8.09. The van der Waals surface area contributed by atoms with Crippen LogP contribution in [0.2, 0.25) is 5.02 Å². The van der Waals surface area contributed by atoms with Crippen molar-refractivity contribution in [1.82, 2.24) is 10.3 Å². The fourth-order valence-corrected chi connectivity index (χ4v) is 4.16. The summed E-state index contributed by atoms with van der Waals surface area (Å²) in [7, 11) is 1.49. The van der Waals surface area contributed by atoms with Gasteiger partial charge in [-0.05, 0) is 43.5 Å². The Kier molecular flexibility index (Phi) is 5.74. The Bertz CT molecular complexity index is 1340. The van der Waals surface area contributed by atoms with E-state index in [0.29, 0.717) is 39.3 Å². The van der Waals surface area contributed by atoms with E-state index in [1.807, 2.05) is 31.3 Å². The molecule has 4 aromatic rings. The van der Waals surface area contributed by atoms with Gasteiger partial charge in [-0.3, -0.25) is 4.79 Å². The highest BCUT2D eigenvalue weighted by Gasteiger charge is 2.18. The number of carbonyl (C=O) groups excluding carboxylic acids is 1. The van der Waals surface area contributed by atoms with Crippen molar-refractivity contribution >= 4 is 39.4 Å². The summed E-state index contributed by atoms with van der Waals surface area (Å²) in [5.74, 6) is 0.190. The molecule has 2 aromatic heterocycles. The number of methoxy groups -OCH3 is 1. The van der Waals surface area contributed by atoms with Gasteiger partial charge in [-0.1, -0.05) is 29.8 Å². The second-order valence-electron chi connectivity index (χ2n) is 7.68. The monoisotopic (exact) mass is 438 g/mol. The van der Waals surface area contributed by atoms with E-state index < -0.39 is 5.63 Å². The van der Waals surface area contributed by atoms with Crippen LogP contribution in [0.5, 0.6) is 5.75 Å². The number of amides is 1. The molecule has 4 rings (SSSR count). The van der Waals surface area contributed by atoms with Crippen LogP contribution in [0.25, 0.3) is 21.9 Å². The molecular formula is C24H23ClN2O4. The van der Waals surface area contributed by atoms with E-state index in [4.69, 9.17) is 20.8 Å². The quantitative estimate of drug-likeness (QED) is 0.433. The number of aromatic amines is 1.